The number of rotatable bonds is 6. The van der Waals surface area contributed by atoms with Gasteiger partial charge in [-0.1, -0.05) is 24.6 Å². The summed E-state index contributed by atoms with van der Waals surface area (Å²) in [7, 11) is 2.92. The van der Waals surface area contributed by atoms with Crippen molar-refractivity contribution in [2.24, 2.45) is 0 Å². The molecule has 1 fully saturated rings. The molecule has 1 aliphatic rings. The molecule has 1 aliphatic heterocycles. The molecule has 0 unspecified atom stereocenters. The zero-order chi connectivity index (χ0) is 22.4. The van der Waals surface area contributed by atoms with E-state index in [2.05, 4.69) is 9.97 Å². The number of likely N-dealkylation sites (tertiary alicyclic amines) is 1. The molecule has 2 heterocycles. The summed E-state index contributed by atoms with van der Waals surface area (Å²) in [5.74, 6) is 0.708. The van der Waals surface area contributed by atoms with E-state index in [-0.39, 0.29) is 22.5 Å². The van der Waals surface area contributed by atoms with Gasteiger partial charge in [0.15, 0.2) is 16.7 Å². The van der Waals surface area contributed by atoms with E-state index >= 15 is 0 Å². The SMILES string of the molecule is COc1ccc(-c2cc(C(F)(F)F)nc(SCC(=O)N3CCCCCC3)n2)cc1OC. The highest BCUT2D eigenvalue weighted by atomic mass is 32.2. The molecule has 1 amide bonds. The van der Waals surface area contributed by atoms with Crippen LogP contribution in [0.15, 0.2) is 29.4 Å². The number of aromatic nitrogens is 2. The number of hydrogen-bond donors (Lipinski definition) is 0. The van der Waals surface area contributed by atoms with E-state index in [9.17, 15) is 18.0 Å². The second-order valence-corrected chi connectivity index (χ2v) is 8.01. The van der Waals surface area contributed by atoms with Crippen molar-refractivity contribution in [3.63, 3.8) is 0 Å². The topological polar surface area (TPSA) is 64.5 Å². The Bertz CT molecular complexity index is 916. The molecule has 1 aromatic carbocycles. The standard InChI is InChI=1S/C21H24F3N3O3S/c1-29-16-8-7-14(11-17(16)30-2)15-12-18(21(22,23)24)26-20(25-15)31-13-19(28)27-9-5-3-4-6-10-27/h7-8,11-12H,3-6,9-10,13H2,1-2H3. The number of carbonyl (C=O) groups is 1. The molecule has 0 spiro atoms. The molecule has 1 saturated heterocycles. The molecule has 0 radical (unpaired) electrons. The Morgan fingerprint density at radius 1 is 1.03 bits per heavy atom. The highest BCUT2D eigenvalue weighted by molar-refractivity contribution is 7.99. The highest BCUT2D eigenvalue weighted by Crippen LogP contribution is 2.35. The number of alkyl halides is 3. The number of methoxy groups -OCH3 is 2. The monoisotopic (exact) mass is 455 g/mol. The van der Waals surface area contributed by atoms with E-state index in [0.717, 1.165) is 43.5 Å². The third-order valence-electron chi connectivity index (χ3n) is 4.96. The maximum absolute atomic E-state index is 13.4. The Balaban J connectivity index is 1.86. The molecule has 31 heavy (non-hydrogen) atoms. The molecular weight excluding hydrogens is 431 g/mol. The van der Waals surface area contributed by atoms with E-state index in [1.165, 1.54) is 14.2 Å². The molecule has 0 N–H and O–H groups in total. The zero-order valence-corrected chi connectivity index (χ0v) is 18.2. The van der Waals surface area contributed by atoms with Crippen LogP contribution in [0.4, 0.5) is 13.2 Å². The Labute approximate surface area is 183 Å². The first-order valence-electron chi connectivity index (χ1n) is 9.91. The number of nitrogens with zero attached hydrogens (tertiary/aromatic N) is 3. The number of thioether (sulfide) groups is 1. The lowest BCUT2D eigenvalue weighted by atomic mass is 10.1. The number of amides is 1. The Morgan fingerprint density at radius 3 is 2.32 bits per heavy atom. The Kier molecular flexibility index (Phi) is 7.64. The zero-order valence-electron chi connectivity index (χ0n) is 17.4. The number of carbonyl (C=O) groups excluding carboxylic acids is 1. The molecule has 0 atom stereocenters. The second kappa shape index (κ2) is 10.2. The van der Waals surface area contributed by atoms with Crippen molar-refractivity contribution in [2.45, 2.75) is 37.0 Å². The molecule has 2 aromatic rings. The average Bonchev–Trinajstić information content (AvgIpc) is 3.06. The van der Waals surface area contributed by atoms with Crippen molar-refractivity contribution >= 4 is 17.7 Å². The lowest BCUT2D eigenvalue weighted by Crippen LogP contribution is -2.33. The van der Waals surface area contributed by atoms with Gasteiger partial charge in [-0.25, -0.2) is 9.97 Å². The molecule has 0 aliphatic carbocycles. The van der Waals surface area contributed by atoms with Gasteiger partial charge >= 0.3 is 6.18 Å². The molecule has 1 aromatic heterocycles. The number of ether oxygens (including phenoxy) is 2. The molecule has 3 rings (SSSR count). The van der Waals surface area contributed by atoms with Crippen LogP contribution in [0.5, 0.6) is 11.5 Å². The lowest BCUT2D eigenvalue weighted by Gasteiger charge is -2.19. The van der Waals surface area contributed by atoms with Crippen LogP contribution in [0.25, 0.3) is 11.3 Å². The summed E-state index contributed by atoms with van der Waals surface area (Å²) < 4.78 is 50.7. The maximum Gasteiger partial charge on any atom is 0.433 e. The van der Waals surface area contributed by atoms with Gasteiger partial charge in [-0.15, -0.1) is 0 Å². The van der Waals surface area contributed by atoms with Gasteiger partial charge in [-0.3, -0.25) is 4.79 Å². The van der Waals surface area contributed by atoms with E-state index in [0.29, 0.717) is 30.2 Å². The summed E-state index contributed by atoms with van der Waals surface area (Å²) in [6.45, 7) is 1.36. The average molecular weight is 456 g/mol. The molecule has 0 saturated carbocycles. The Hall–Kier alpha value is -2.49. The fraction of sp³-hybridized carbons (Fsp3) is 0.476. The number of hydrogen-bond acceptors (Lipinski definition) is 6. The minimum atomic E-state index is -4.64. The molecular formula is C21H24F3N3O3S. The summed E-state index contributed by atoms with van der Waals surface area (Å²) in [4.78, 5) is 22.2. The fourth-order valence-corrected chi connectivity index (χ4v) is 4.08. The van der Waals surface area contributed by atoms with Gasteiger partial charge in [0, 0.05) is 18.7 Å². The highest BCUT2D eigenvalue weighted by Gasteiger charge is 2.34. The van der Waals surface area contributed by atoms with Crippen molar-refractivity contribution in [3.8, 4) is 22.8 Å². The number of halogens is 3. The summed E-state index contributed by atoms with van der Waals surface area (Å²) in [5, 5.41) is -0.0946. The van der Waals surface area contributed by atoms with Gasteiger partial charge in [0.1, 0.15) is 5.69 Å². The molecule has 6 nitrogen and oxygen atoms in total. The van der Waals surface area contributed by atoms with Crippen molar-refractivity contribution in [3.05, 3.63) is 30.0 Å². The van der Waals surface area contributed by atoms with Gasteiger partial charge in [0.25, 0.3) is 0 Å². The summed E-state index contributed by atoms with van der Waals surface area (Å²) in [6.07, 6.45) is -0.580. The van der Waals surface area contributed by atoms with Gasteiger partial charge in [0.2, 0.25) is 5.91 Å². The molecule has 168 valence electrons. The van der Waals surface area contributed by atoms with Gasteiger partial charge in [-0.05, 0) is 37.1 Å². The first-order chi connectivity index (χ1) is 14.8. The van der Waals surface area contributed by atoms with Gasteiger partial charge in [-0.2, -0.15) is 13.2 Å². The van der Waals surface area contributed by atoms with E-state index in [1.54, 1.807) is 23.1 Å². The lowest BCUT2D eigenvalue weighted by molar-refractivity contribution is -0.141. The van der Waals surface area contributed by atoms with Crippen molar-refractivity contribution in [2.75, 3.05) is 33.1 Å². The Morgan fingerprint density at radius 2 is 1.71 bits per heavy atom. The van der Waals surface area contributed by atoms with Crippen molar-refractivity contribution in [1.82, 2.24) is 14.9 Å². The van der Waals surface area contributed by atoms with Crippen LogP contribution in [0, 0.1) is 0 Å². The third-order valence-corrected chi connectivity index (χ3v) is 5.79. The van der Waals surface area contributed by atoms with Crippen LogP contribution in [0.2, 0.25) is 0 Å². The van der Waals surface area contributed by atoms with Gasteiger partial charge in [0.05, 0.1) is 25.7 Å². The maximum atomic E-state index is 13.4. The van der Waals surface area contributed by atoms with Crippen LogP contribution < -0.4 is 9.47 Å². The predicted molar refractivity (Wildman–Crippen MR) is 111 cm³/mol. The van der Waals surface area contributed by atoms with E-state index < -0.39 is 11.9 Å². The summed E-state index contributed by atoms with van der Waals surface area (Å²) in [6, 6.07) is 5.64. The van der Waals surface area contributed by atoms with Gasteiger partial charge < -0.3 is 14.4 Å². The smallest absolute Gasteiger partial charge is 0.433 e. The minimum Gasteiger partial charge on any atom is -0.493 e. The second-order valence-electron chi connectivity index (χ2n) is 7.07. The first-order valence-corrected chi connectivity index (χ1v) is 10.9. The van der Waals surface area contributed by atoms with E-state index in [1.807, 2.05) is 0 Å². The minimum absolute atomic E-state index is 0.00726. The number of benzene rings is 1. The van der Waals surface area contributed by atoms with Crippen LogP contribution in [-0.2, 0) is 11.0 Å². The first kappa shape index (κ1) is 23.2. The van der Waals surface area contributed by atoms with E-state index in [4.69, 9.17) is 9.47 Å². The predicted octanol–water partition coefficient (Wildman–Crippen LogP) is 4.67. The van der Waals surface area contributed by atoms with Crippen LogP contribution in [0.3, 0.4) is 0 Å². The molecule has 0 bridgehead atoms. The summed E-state index contributed by atoms with van der Waals surface area (Å²) >= 11 is 0.916. The van der Waals surface area contributed by atoms with Crippen LogP contribution >= 0.6 is 11.8 Å². The molecule has 10 heteroatoms. The van der Waals surface area contributed by atoms with Crippen LogP contribution in [-0.4, -0.2) is 53.8 Å². The van der Waals surface area contributed by atoms with Crippen molar-refractivity contribution in [1.29, 1.82) is 0 Å². The van der Waals surface area contributed by atoms with Crippen molar-refractivity contribution < 1.29 is 27.4 Å². The largest absolute Gasteiger partial charge is 0.493 e. The summed E-state index contributed by atoms with van der Waals surface area (Å²) in [5.41, 5.74) is -0.545. The van der Waals surface area contributed by atoms with Crippen LogP contribution in [0.1, 0.15) is 31.4 Å². The quantitative estimate of drug-likeness (QED) is 0.466. The fourth-order valence-electron chi connectivity index (χ4n) is 3.32. The normalized spacial score (nSPS) is 14.8. The third kappa shape index (κ3) is 6.03.